The Morgan fingerprint density at radius 1 is 1.19 bits per heavy atom. The summed E-state index contributed by atoms with van der Waals surface area (Å²) in [5.74, 6) is 6.61. The molecule has 36 heavy (non-hydrogen) atoms. The number of pyridine rings is 1. The largest absolute Gasteiger partial charge is 0.481 e. The monoisotopic (exact) mass is 484 g/mol. The van der Waals surface area contributed by atoms with E-state index in [1.165, 1.54) is 0 Å². The molecule has 1 saturated heterocycles. The second-order valence-electron chi connectivity index (χ2n) is 9.21. The van der Waals surface area contributed by atoms with Crippen LogP contribution in [-0.2, 0) is 13.0 Å². The lowest BCUT2D eigenvalue weighted by molar-refractivity contribution is 0.1000. The Balaban J connectivity index is 1.21. The number of aromatic nitrogens is 3. The Morgan fingerprint density at radius 2 is 1.97 bits per heavy atom. The molecule has 1 spiro atoms. The van der Waals surface area contributed by atoms with Gasteiger partial charge in [0.1, 0.15) is 23.7 Å². The van der Waals surface area contributed by atoms with E-state index in [1.54, 1.807) is 30.5 Å². The molecule has 0 radical (unpaired) electrons. The standard InChI is InChI=1S/C27H28N6O3/c28-24-21-4-1-11-30-22(21)15-27(24)9-12-33(13-10-27)26-23(17-34)32-19(16-31-26)3-2-14-36-20-7-5-18(6-8-20)25(29)35/h1,4-8,11,16,24,34H,9-10,12-15,17,28H2,(H2,29,35). The Kier molecular flexibility index (Phi) is 6.55. The van der Waals surface area contributed by atoms with Crippen LogP contribution >= 0.6 is 0 Å². The van der Waals surface area contributed by atoms with E-state index in [2.05, 4.69) is 37.8 Å². The molecule has 1 unspecified atom stereocenters. The summed E-state index contributed by atoms with van der Waals surface area (Å²) in [7, 11) is 0. The van der Waals surface area contributed by atoms with Gasteiger partial charge in [0.2, 0.25) is 5.91 Å². The van der Waals surface area contributed by atoms with Gasteiger partial charge in [-0.15, -0.1) is 0 Å². The molecular weight excluding hydrogens is 456 g/mol. The van der Waals surface area contributed by atoms with E-state index in [0.717, 1.165) is 43.6 Å². The summed E-state index contributed by atoms with van der Waals surface area (Å²) in [5, 5.41) is 9.96. The molecule has 1 amide bonds. The number of nitrogens with zero attached hydrogens (tertiary/aromatic N) is 4. The fourth-order valence-electron chi connectivity index (χ4n) is 5.12. The third-order valence-corrected chi connectivity index (χ3v) is 7.14. The minimum atomic E-state index is -0.489. The van der Waals surface area contributed by atoms with E-state index in [1.807, 2.05) is 12.3 Å². The van der Waals surface area contributed by atoms with Crippen LogP contribution in [0.4, 0.5) is 5.82 Å². The molecule has 9 nitrogen and oxygen atoms in total. The van der Waals surface area contributed by atoms with Crippen molar-refractivity contribution in [2.24, 2.45) is 16.9 Å². The molecule has 1 aliphatic heterocycles. The van der Waals surface area contributed by atoms with Crippen LogP contribution in [0.2, 0.25) is 0 Å². The second kappa shape index (κ2) is 9.93. The first-order valence-corrected chi connectivity index (χ1v) is 11.9. The van der Waals surface area contributed by atoms with Crippen molar-refractivity contribution >= 4 is 11.7 Å². The number of carbonyl (C=O) groups excluding carboxylic acids is 1. The van der Waals surface area contributed by atoms with E-state index >= 15 is 0 Å². The molecule has 5 N–H and O–H groups in total. The quantitative estimate of drug-likeness (QED) is 0.465. The SMILES string of the molecule is NC(=O)c1ccc(OCC#Cc2cnc(N3CCC4(CC3)Cc3ncccc3C4N)c(CO)n2)cc1. The Bertz CT molecular complexity index is 1320. The van der Waals surface area contributed by atoms with Crippen molar-refractivity contribution in [1.29, 1.82) is 0 Å². The second-order valence-corrected chi connectivity index (χ2v) is 9.21. The van der Waals surface area contributed by atoms with Crippen LogP contribution < -0.4 is 21.1 Å². The molecule has 1 fully saturated rings. The van der Waals surface area contributed by atoms with Gasteiger partial charge in [0.15, 0.2) is 5.82 Å². The van der Waals surface area contributed by atoms with Crippen molar-refractivity contribution in [1.82, 2.24) is 15.0 Å². The number of hydrogen-bond acceptors (Lipinski definition) is 8. The molecule has 3 heterocycles. The van der Waals surface area contributed by atoms with E-state index < -0.39 is 5.91 Å². The Labute approximate surface area is 209 Å². The van der Waals surface area contributed by atoms with Crippen LogP contribution in [0.1, 0.15) is 51.9 Å². The molecule has 1 aromatic carbocycles. The molecule has 3 aromatic rings. The summed E-state index contributed by atoms with van der Waals surface area (Å²) in [6, 6.07) is 10.6. The van der Waals surface area contributed by atoms with Crippen molar-refractivity contribution < 1.29 is 14.6 Å². The first-order valence-electron chi connectivity index (χ1n) is 11.9. The van der Waals surface area contributed by atoms with Gasteiger partial charge in [-0.2, -0.15) is 0 Å². The Hall–Kier alpha value is -4.00. The van der Waals surface area contributed by atoms with Crippen molar-refractivity contribution in [2.45, 2.75) is 31.9 Å². The number of primary amides is 1. The molecule has 1 aliphatic carbocycles. The lowest BCUT2D eigenvalue weighted by Gasteiger charge is -2.42. The Morgan fingerprint density at radius 3 is 2.67 bits per heavy atom. The van der Waals surface area contributed by atoms with E-state index in [9.17, 15) is 9.90 Å². The van der Waals surface area contributed by atoms with Gasteiger partial charge in [-0.25, -0.2) is 9.97 Å². The molecule has 1 atom stereocenters. The van der Waals surface area contributed by atoms with Gasteiger partial charge in [0, 0.05) is 36.6 Å². The zero-order chi connectivity index (χ0) is 25.1. The van der Waals surface area contributed by atoms with Crippen LogP contribution in [0.5, 0.6) is 5.75 Å². The van der Waals surface area contributed by atoms with Crippen molar-refractivity contribution in [3.63, 3.8) is 0 Å². The number of anilines is 1. The third kappa shape index (κ3) is 4.61. The maximum absolute atomic E-state index is 11.1. The number of nitrogens with two attached hydrogens (primary N) is 2. The highest BCUT2D eigenvalue weighted by Gasteiger charge is 2.46. The average Bonchev–Trinajstić information content (AvgIpc) is 3.18. The fourth-order valence-corrected chi connectivity index (χ4v) is 5.12. The topological polar surface area (TPSA) is 140 Å². The van der Waals surface area contributed by atoms with Gasteiger partial charge in [-0.1, -0.05) is 12.0 Å². The number of rotatable bonds is 5. The van der Waals surface area contributed by atoms with Gasteiger partial charge < -0.3 is 26.2 Å². The molecule has 2 aromatic heterocycles. The molecule has 5 rings (SSSR count). The van der Waals surface area contributed by atoms with Gasteiger partial charge in [0.25, 0.3) is 0 Å². The summed E-state index contributed by atoms with van der Waals surface area (Å²) >= 11 is 0. The van der Waals surface area contributed by atoms with Gasteiger partial charge in [-0.05, 0) is 66.5 Å². The minimum Gasteiger partial charge on any atom is -0.481 e. The number of amides is 1. The number of ether oxygens (including phenoxy) is 1. The first kappa shape index (κ1) is 23.7. The molecular formula is C27H28N6O3. The van der Waals surface area contributed by atoms with Crippen LogP contribution in [0.3, 0.4) is 0 Å². The van der Waals surface area contributed by atoms with Gasteiger partial charge in [-0.3, -0.25) is 9.78 Å². The predicted octanol–water partition coefficient (Wildman–Crippen LogP) is 1.74. The lowest BCUT2D eigenvalue weighted by Crippen LogP contribution is -2.45. The number of aliphatic hydroxyl groups is 1. The van der Waals surface area contributed by atoms with E-state index in [-0.39, 0.29) is 24.7 Å². The molecule has 2 aliphatic rings. The predicted molar refractivity (Wildman–Crippen MR) is 134 cm³/mol. The maximum Gasteiger partial charge on any atom is 0.248 e. The lowest BCUT2D eigenvalue weighted by atomic mass is 9.73. The fraction of sp³-hybridized carbons (Fsp3) is 0.333. The van der Waals surface area contributed by atoms with Gasteiger partial charge in [0.05, 0.1) is 12.8 Å². The molecule has 9 heteroatoms. The number of piperidine rings is 1. The summed E-state index contributed by atoms with van der Waals surface area (Å²) in [6.07, 6.45) is 6.21. The average molecular weight is 485 g/mol. The van der Waals surface area contributed by atoms with Crippen LogP contribution in [0.25, 0.3) is 0 Å². The summed E-state index contributed by atoms with van der Waals surface area (Å²) in [5.41, 5.74) is 15.6. The highest BCUT2D eigenvalue weighted by Crippen LogP contribution is 2.50. The molecule has 0 saturated carbocycles. The number of benzene rings is 1. The smallest absolute Gasteiger partial charge is 0.248 e. The number of carbonyl (C=O) groups is 1. The first-order chi connectivity index (χ1) is 17.5. The van der Waals surface area contributed by atoms with Crippen molar-refractivity contribution in [3.8, 4) is 17.6 Å². The zero-order valence-electron chi connectivity index (χ0n) is 19.9. The van der Waals surface area contributed by atoms with E-state index in [0.29, 0.717) is 28.5 Å². The maximum atomic E-state index is 11.1. The molecule has 0 bridgehead atoms. The number of hydrogen-bond donors (Lipinski definition) is 3. The summed E-state index contributed by atoms with van der Waals surface area (Å²) < 4.78 is 5.57. The van der Waals surface area contributed by atoms with Crippen molar-refractivity contribution in [2.75, 3.05) is 24.6 Å². The summed E-state index contributed by atoms with van der Waals surface area (Å²) in [4.78, 5) is 26.9. The zero-order valence-corrected chi connectivity index (χ0v) is 19.9. The van der Waals surface area contributed by atoms with Crippen molar-refractivity contribution in [3.05, 3.63) is 77.0 Å². The minimum absolute atomic E-state index is 0.00675. The van der Waals surface area contributed by atoms with Crippen LogP contribution in [0.15, 0.2) is 48.8 Å². The van der Waals surface area contributed by atoms with Gasteiger partial charge >= 0.3 is 0 Å². The van der Waals surface area contributed by atoms with E-state index in [4.69, 9.17) is 16.2 Å². The molecule has 184 valence electrons. The highest BCUT2D eigenvalue weighted by atomic mass is 16.5. The normalized spacial score (nSPS) is 17.8. The number of aliphatic hydroxyl groups excluding tert-OH is 1. The summed E-state index contributed by atoms with van der Waals surface area (Å²) in [6.45, 7) is 1.49. The third-order valence-electron chi connectivity index (χ3n) is 7.14. The van der Waals surface area contributed by atoms with Crippen LogP contribution in [-0.4, -0.2) is 45.7 Å². The highest BCUT2D eigenvalue weighted by molar-refractivity contribution is 5.92. The van der Waals surface area contributed by atoms with Crippen LogP contribution in [0, 0.1) is 17.3 Å². The number of fused-ring (bicyclic) bond motifs is 1.